The fourth-order valence-electron chi connectivity index (χ4n) is 2.62. The monoisotopic (exact) mass is 226 g/mol. The summed E-state index contributed by atoms with van der Waals surface area (Å²) in [7, 11) is 0. The summed E-state index contributed by atoms with van der Waals surface area (Å²) in [4.78, 5) is 27.2. The van der Waals surface area contributed by atoms with Crippen molar-refractivity contribution in [2.24, 2.45) is 5.92 Å². The zero-order chi connectivity index (χ0) is 11.9. The molecule has 90 valence electrons. The first-order chi connectivity index (χ1) is 7.56. The number of hydrogen-bond acceptors (Lipinski definition) is 3. The van der Waals surface area contributed by atoms with Crippen molar-refractivity contribution in [3.8, 4) is 0 Å². The van der Waals surface area contributed by atoms with E-state index in [1.54, 1.807) is 9.80 Å². The molecule has 0 saturated carbocycles. The minimum Gasteiger partial charge on any atom is -0.395 e. The number of amides is 2. The third kappa shape index (κ3) is 1.59. The number of carbonyl (C=O) groups excluding carboxylic acids is 2. The maximum atomic E-state index is 11.9. The van der Waals surface area contributed by atoms with Crippen LogP contribution in [0.5, 0.6) is 0 Å². The molecular weight excluding hydrogens is 208 g/mol. The molecule has 0 aromatic heterocycles. The molecule has 2 rings (SSSR count). The van der Waals surface area contributed by atoms with E-state index < -0.39 is 0 Å². The minimum atomic E-state index is -0.272. The van der Waals surface area contributed by atoms with Crippen molar-refractivity contribution >= 4 is 11.8 Å². The van der Waals surface area contributed by atoms with E-state index in [2.05, 4.69) is 0 Å². The number of piperazine rings is 1. The Labute approximate surface area is 95.0 Å². The molecule has 5 nitrogen and oxygen atoms in total. The van der Waals surface area contributed by atoms with E-state index in [0.717, 1.165) is 6.42 Å². The van der Waals surface area contributed by atoms with Crippen LogP contribution in [0.15, 0.2) is 0 Å². The number of rotatable bonds is 3. The first kappa shape index (κ1) is 11.4. The van der Waals surface area contributed by atoms with E-state index in [-0.39, 0.29) is 36.4 Å². The summed E-state index contributed by atoms with van der Waals surface area (Å²) >= 11 is 0. The van der Waals surface area contributed by atoms with Gasteiger partial charge in [0.1, 0.15) is 6.04 Å². The molecule has 5 heteroatoms. The van der Waals surface area contributed by atoms with Crippen LogP contribution in [0.3, 0.4) is 0 Å². The largest absolute Gasteiger partial charge is 0.395 e. The van der Waals surface area contributed by atoms with E-state index in [4.69, 9.17) is 5.11 Å². The van der Waals surface area contributed by atoms with Crippen LogP contribution in [0.4, 0.5) is 0 Å². The van der Waals surface area contributed by atoms with Crippen molar-refractivity contribution in [2.45, 2.75) is 32.4 Å². The van der Waals surface area contributed by atoms with Gasteiger partial charge in [-0.05, 0) is 6.42 Å². The molecule has 0 radical (unpaired) electrons. The molecule has 2 atom stereocenters. The van der Waals surface area contributed by atoms with Crippen molar-refractivity contribution in [2.75, 3.05) is 19.7 Å². The molecule has 2 fully saturated rings. The molecule has 2 bridgehead atoms. The van der Waals surface area contributed by atoms with Crippen molar-refractivity contribution < 1.29 is 14.7 Å². The van der Waals surface area contributed by atoms with Crippen LogP contribution in [0.2, 0.25) is 0 Å². The minimum absolute atomic E-state index is 0.000648. The summed E-state index contributed by atoms with van der Waals surface area (Å²) in [6.07, 6.45) is 0.733. The van der Waals surface area contributed by atoms with E-state index in [1.807, 2.05) is 13.8 Å². The number of nitrogens with zero attached hydrogens (tertiary/aromatic N) is 2. The topological polar surface area (TPSA) is 60.9 Å². The summed E-state index contributed by atoms with van der Waals surface area (Å²) < 4.78 is 0. The molecule has 2 unspecified atom stereocenters. The van der Waals surface area contributed by atoms with Gasteiger partial charge >= 0.3 is 0 Å². The molecule has 2 aliphatic heterocycles. The maximum Gasteiger partial charge on any atom is 0.245 e. The average Bonchev–Trinajstić information content (AvgIpc) is 2.78. The van der Waals surface area contributed by atoms with Crippen LogP contribution in [0.1, 0.15) is 20.3 Å². The Balaban J connectivity index is 2.07. The van der Waals surface area contributed by atoms with E-state index in [1.165, 1.54) is 0 Å². The fraction of sp³-hybridized carbons (Fsp3) is 0.818. The Morgan fingerprint density at radius 1 is 1.56 bits per heavy atom. The Bertz CT molecular complexity index is 316. The second-order valence-electron chi connectivity index (χ2n) is 4.81. The number of fused-ring (bicyclic) bond motifs is 2. The van der Waals surface area contributed by atoms with Crippen LogP contribution in [0.25, 0.3) is 0 Å². The van der Waals surface area contributed by atoms with Crippen LogP contribution in [0, 0.1) is 5.92 Å². The molecule has 16 heavy (non-hydrogen) atoms. The molecule has 0 aromatic rings. The lowest BCUT2D eigenvalue weighted by Crippen LogP contribution is -2.53. The summed E-state index contributed by atoms with van der Waals surface area (Å²) in [6, 6.07) is -0.154. The fourth-order valence-corrected chi connectivity index (χ4v) is 2.62. The quantitative estimate of drug-likeness (QED) is 0.702. The summed E-state index contributed by atoms with van der Waals surface area (Å²) in [6.45, 7) is 4.72. The standard InChI is InChI=1S/C11H18N2O3/c1-7(2)10(15)13-6-8-5-9(13)11(16)12(8)3-4-14/h7-9,14H,3-6H2,1-2H3. The van der Waals surface area contributed by atoms with Crippen molar-refractivity contribution in [3.63, 3.8) is 0 Å². The number of likely N-dealkylation sites (tertiary alicyclic amines) is 2. The van der Waals surface area contributed by atoms with Crippen LogP contribution in [-0.4, -0.2) is 58.5 Å². The molecule has 0 aromatic carbocycles. The van der Waals surface area contributed by atoms with Gasteiger partial charge in [0.15, 0.2) is 0 Å². The first-order valence-corrected chi connectivity index (χ1v) is 5.78. The third-order valence-corrected chi connectivity index (χ3v) is 3.41. The molecular formula is C11H18N2O3. The van der Waals surface area contributed by atoms with Gasteiger partial charge in [-0.1, -0.05) is 13.8 Å². The summed E-state index contributed by atoms with van der Waals surface area (Å²) in [5.41, 5.74) is 0. The molecule has 2 heterocycles. The zero-order valence-corrected chi connectivity index (χ0v) is 9.72. The zero-order valence-electron chi connectivity index (χ0n) is 9.72. The number of aliphatic hydroxyl groups excluding tert-OH is 1. The second kappa shape index (κ2) is 4.05. The highest BCUT2D eigenvalue weighted by atomic mass is 16.3. The third-order valence-electron chi connectivity index (χ3n) is 3.41. The normalized spacial score (nSPS) is 28.4. The van der Waals surface area contributed by atoms with Crippen molar-refractivity contribution in [3.05, 3.63) is 0 Å². The van der Waals surface area contributed by atoms with E-state index >= 15 is 0 Å². The smallest absolute Gasteiger partial charge is 0.245 e. The molecule has 0 aliphatic carbocycles. The first-order valence-electron chi connectivity index (χ1n) is 5.78. The number of aliphatic hydroxyl groups is 1. The SMILES string of the molecule is CC(C)C(=O)N1CC2CC1C(=O)N2CCO. The van der Waals surface area contributed by atoms with Gasteiger partial charge in [0.2, 0.25) is 11.8 Å². The van der Waals surface area contributed by atoms with Gasteiger partial charge in [0.25, 0.3) is 0 Å². The van der Waals surface area contributed by atoms with Crippen LogP contribution < -0.4 is 0 Å². The lowest BCUT2D eigenvalue weighted by molar-refractivity contribution is -0.148. The summed E-state index contributed by atoms with van der Waals surface area (Å²) in [5, 5.41) is 8.86. The highest BCUT2D eigenvalue weighted by Crippen LogP contribution is 2.32. The van der Waals surface area contributed by atoms with Crippen LogP contribution in [-0.2, 0) is 9.59 Å². The molecule has 2 saturated heterocycles. The van der Waals surface area contributed by atoms with Gasteiger partial charge in [0.05, 0.1) is 12.6 Å². The highest BCUT2D eigenvalue weighted by Gasteiger charge is 2.50. The Morgan fingerprint density at radius 3 is 2.75 bits per heavy atom. The van der Waals surface area contributed by atoms with Gasteiger partial charge in [0, 0.05) is 19.0 Å². The predicted molar refractivity (Wildman–Crippen MR) is 57.5 cm³/mol. The van der Waals surface area contributed by atoms with Gasteiger partial charge in [-0.2, -0.15) is 0 Å². The van der Waals surface area contributed by atoms with E-state index in [0.29, 0.717) is 13.1 Å². The number of carbonyl (C=O) groups is 2. The summed E-state index contributed by atoms with van der Waals surface area (Å²) in [5.74, 6) is 0.00207. The van der Waals surface area contributed by atoms with Crippen molar-refractivity contribution in [1.82, 2.24) is 9.80 Å². The van der Waals surface area contributed by atoms with Gasteiger partial charge < -0.3 is 14.9 Å². The van der Waals surface area contributed by atoms with E-state index in [9.17, 15) is 9.59 Å². The van der Waals surface area contributed by atoms with Crippen LogP contribution >= 0.6 is 0 Å². The molecule has 2 amide bonds. The molecule has 0 spiro atoms. The maximum absolute atomic E-state index is 11.9. The van der Waals surface area contributed by atoms with Gasteiger partial charge in [-0.3, -0.25) is 9.59 Å². The Kier molecular flexibility index (Phi) is 2.88. The van der Waals surface area contributed by atoms with Crippen molar-refractivity contribution in [1.29, 1.82) is 0 Å². The van der Waals surface area contributed by atoms with Gasteiger partial charge in [-0.15, -0.1) is 0 Å². The Hall–Kier alpha value is -1.10. The Morgan fingerprint density at radius 2 is 2.25 bits per heavy atom. The molecule has 1 N–H and O–H groups in total. The lowest BCUT2D eigenvalue weighted by Gasteiger charge is -2.34. The molecule has 2 aliphatic rings. The lowest BCUT2D eigenvalue weighted by atomic mass is 10.1. The number of β-amino-alcohol motifs (C(OH)–C–C–N with tert-alkyl or cyclic N) is 1. The van der Waals surface area contributed by atoms with Gasteiger partial charge in [-0.25, -0.2) is 0 Å². The average molecular weight is 226 g/mol. The predicted octanol–water partition coefficient (Wildman–Crippen LogP) is -0.554. The second-order valence-corrected chi connectivity index (χ2v) is 4.81. The number of hydrogen-bond donors (Lipinski definition) is 1. The highest BCUT2D eigenvalue weighted by molar-refractivity contribution is 5.92.